The molecule has 0 fully saturated rings. The number of hydrogen-bond donors (Lipinski definition) is 0. The van der Waals surface area contributed by atoms with E-state index in [1.165, 1.54) is 30.1 Å². The summed E-state index contributed by atoms with van der Waals surface area (Å²) in [5.74, 6) is 1.19. The third kappa shape index (κ3) is 6.01. The molecule has 0 amide bonds. The molecule has 0 unspecified atom stereocenters. The number of halogens is 2. The molecule has 0 spiro atoms. The normalized spacial score (nSPS) is 14.8. The Morgan fingerprint density at radius 3 is 2.65 bits per heavy atom. The zero-order chi connectivity index (χ0) is 30.7. The lowest BCUT2D eigenvalue weighted by atomic mass is 9.94. The molecule has 2 aromatic carbocycles. The first-order chi connectivity index (χ1) is 20.8. The molecule has 1 aliphatic rings. The maximum absolute atomic E-state index is 14.1. The predicted molar refractivity (Wildman–Crippen MR) is 165 cm³/mol. The molecule has 0 radical (unpaired) electrons. The standard InChI is InChI=1S/C31H28Cl2N2O7S/c1-5-40-28-20(9-7-11-23(28)39-4)27-25(30(37)41-15-14-38-3)17(2)34-31-35(27)29(36)24(43-31)16-18-12-13-22(42-18)19-8-6-10-21(32)26(19)33/h6-13,16,27H,5,14-15H2,1-4H3/b24-16+/t27-/m0/s1. The Morgan fingerprint density at radius 2 is 1.91 bits per heavy atom. The zero-order valence-electron chi connectivity index (χ0n) is 23.8. The lowest BCUT2D eigenvalue weighted by Gasteiger charge is -2.27. The highest BCUT2D eigenvalue weighted by Crippen LogP contribution is 2.41. The third-order valence-electron chi connectivity index (χ3n) is 6.69. The molecule has 0 saturated heterocycles. The third-order valence-corrected chi connectivity index (χ3v) is 8.49. The van der Waals surface area contributed by atoms with E-state index in [1.54, 1.807) is 61.5 Å². The van der Waals surface area contributed by atoms with E-state index in [-0.39, 0.29) is 24.3 Å². The number of carbonyl (C=O) groups is 1. The molecule has 5 rings (SSSR count). The fraction of sp³-hybridized carbons (Fsp3) is 0.258. The molecule has 2 aromatic heterocycles. The van der Waals surface area contributed by atoms with Crippen molar-refractivity contribution >= 4 is 46.6 Å². The van der Waals surface area contributed by atoms with Crippen LogP contribution in [-0.2, 0) is 14.3 Å². The summed E-state index contributed by atoms with van der Waals surface area (Å²) in [6.45, 7) is 4.15. The van der Waals surface area contributed by atoms with Crippen molar-refractivity contribution in [2.75, 3.05) is 34.0 Å². The summed E-state index contributed by atoms with van der Waals surface area (Å²) < 4.78 is 30.0. The lowest BCUT2D eigenvalue weighted by Crippen LogP contribution is -2.40. The number of allylic oxidation sites excluding steroid dienone is 1. The summed E-state index contributed by atoms with van der Waals surface area (Å²) in [6.07, 6.45) is 1.63. The number of para-hydroxylation sites is 1. The van der Waals surface area contributed by atoms with Gasteiger partial charge in [0.1, 0.15) is 24.2 Å². The van der Waals surface area contributed by atoms with Gasteiger partial charge in [0, 0.05) is 24.3 Å². The van der Waals surface area contributed by atoms with Crippen LogP contribution in [0.1, 0.15) is 31.2 Å². The highest BCUT2D eigenvalue weighted by Gasteiger charge is 2.36. The number of ether oxygens (including phenoxy) is 4. The van der Waals surface area contributed by atoms with E-state index in [1.807, 2.05) is 6.92 Å². The van der Waals surface area contributed by atoms with Crippen molar-refractivity contribution < 1.29 is 28.2 Å². The van der Waals surface area contributed by atoms with E-state index in [0.717, 1.165) is 0 Å². The van der Waals surface area contributed by atoms with E-state index in [9.17, 15) is 9.59 Å². The van der Waals surface area contributed by atoms with Gasteiger partial charge in [0.25, 0.3) is 5.56 Å². The molecule has 43 heavy (non-hydrogen) atoms. The number of fused-ring (bicyclic) bond motifs is 1. The molecule has 4 aromatic rings. The summed E-state index contributed by atoms with van der Waals surface area (Å²) in [5, 5.41) is 0.773. The van der Waals surface area contributed by atoms with E-state index in [0.29, 0.717) is 65.8 Å². The first-order valence-corrected chi connectivity index (χ1v) is 14.9. The number of thiazole rings is 1. The van der Waals surface area contributed by atoms with E-state index >= 15 is 0 Å². The Kier molecular flexibility index (Phi) is 9.41. The molecule has 1 atom stereocenters. The van der Waals surface area contributed by atoms with Gasteiger partial charge in [-0.3, -0.25) is 9.36 Å². The minimum absolute atomic E-state index is 0.0388. The fourth-order valence-corrected chi connectivity index (χ4v) is 6.20. The van der Waals surface area contributed by atoms with Crippen LogP contribution in [0.15, 0.2) is 74.0 Å². The molecule has 9 nitrogen and oxygen atoms in total. The number of methoxy groups -OCH3 is 2. The van der Waals surface area contributed by atoms with Gasteiger partial charge >= 0.3 is 5.97 Å². The number of carbonyl (C=O) groups excluding carboxylic acids is 1. The molecule has 0 N–H and O–H groups in total. The second-order valence-electron chi connectivity index (χ2n) is 9.33. The minimum Gasteiger partial charge on any atom is -0.493 e. The molecule has 1 aliphatic heterocycles. The number of rotatable bonds is 10. The van der Waals surface area contributed by atoms with Crippen LogP contribution in [-0.4, -0.2) is 44.6 Å². The molecule has 0 bridgehead atoms. The van der Waals surface area contributed by atoms with Crippen molar-refractivity contribution in [3.8, 4) is 22.8 Å². The Hall–Kier alpha value is -3.83. The van der Waals surface area contributed by atoms with Crippen molar-refractivity contribution in [2.45, 2.75) is 19.9 Å². The quantitative estimate of drug-likeness (QED) is 0.169. The minimum atomic E-state index is -0.900. The van der Waals surface area contributed by atoms with Crippen molar-refractivity contribution in [1.29, 1.82) is 0 Å². The Labute approximate surface area is 261 Å². The number of esters is 1. The number of furan rings is 1. The average molecular weight is 644 g/mol. The summed E-state index contributed by atoms with van der Waals surface area (Å²) in [7, 11) is 3.05. The van der Waals surface area contributed by atoms with Crippen LogP contribution >= 0.6 is 34.5 Å². The van der Waals surface area contributed by atoms with Gasteiger partial charge < -0.3 is 23.4 Å². The maximum Gasteiger partial charge on any atom is 0.338 e. The van der Waals surface area contributed by atoms with E-state index < -0.39 is 12.0 Å². The van der Waals surface area contributed by atoms with Crippen molar-refractivity contribution in [1.82, 2.24) is 4.57 Å². The van der Waals surface area contributed by atoms with Gasteiger partial charge in [0.05, 0.1) is 46.2 Å². The number of benzene rings is 2. The van der Waals surface area contributed by atoms with Crippen LogP contribution in [0.3, 0.4) is 0 Å². The van der Waals surface area contributed by atoms with Crippen LogP contribution in [0.5, 0.6) is 11.5 Å². The molecule has 224 valence electrons. The summed E-state index contributed by atoms with van der Waals surface area (Å²) in [6, 6.07) is 13.2. The van der Waals surface area contributed by atoms with Gasteiger partial charge in [-0.2, -0.15) is 0 Å². The number of aromatic nitrogens is 1. The first kappa shape index (κ1) is 30.6. The number of nitrogens with zero attached hydrogens (tertiary/aromatic N) is 2. The summed E-state index contributed by atoms with van der Waals surface area (Å²) in [4.78, 5) is 32.6. The fourth-order valence-electron chi connectivity index (χ4n) is 4.78. The SMILES string of the molecule is CCOc1c(OC)cccc1[C@H]1C(C(=O)OCCOC)=C(C)N=c2s/c(=C/c3ccc(-c4cccc(Cl)c4Cl)o3)c(=O)n21. The largest absolute Gasteiger partial charge is 0.493 e. The number of hydrogen-bond acceptors (Lipinski definition) is 9. The van der Waals surface area contributed by atoms with Crippen molar-refractivity contribution in [2.24, 2.45) is 4.99 Å². The maximum atomic E-state index is 14.1. The van der Waals surface area contributed by atoms with Gasteiger partial charge in [-0.15, -0.1) is 0 Å². The Bertz CT molecular complexity index is 1890. The summed E-state index contributed by atoms with van der Waals surface area (Å²) >= 11 is 13.7. The molecule has 0 saturated carbocycles. The molecular formula is C31H28Cl2N2O7S. The molecule has 12 heteroatoms. The second-order valence-corrected chi connectivity index (χ2v) is 11.1. The topological polar surface area (TPSA) is 101 Å². The van der Waals surface area contributed by atoms with Crippen LogP contribution in [0, 0.1) is 0 Å². The highest BCUT2D eigenvalue weighted by atomic mass is 35.5. The van der Waals surface area contributed by atoms with Crippen molar-refractivity contribution in [3.63, 3.8) is 0 Å². The zero-order valence-corrected chi connectivity index (χ0v) is 26.1. The lowest BCUT2D eigenvalue weighted by molar-refractivity contribution is -0.140. The van der Waals surface area contributed by atoms with Gasteiger partial charge in [-0.1, -0.05) is 52.7 Å². The predicted octanol–water partition coefficient (Wildman–Crippen LogP) is 5.40. The molecular weight excluding hydrogens is 615 g/mol. The van der Waals surface area contributed by atoms with Gasteiger partial charge in [-0.05, 0) is 44.2 Å². The monoisotopic (exact) mass is 642 g/mol. The van der Waals surface area contributed by atoms with Crippen LogP contribution in [0.2, 0.25) is 10.0 Å². The Morgan fingerprint density at radius 1 is 1.12 bits per heavy atom. The summed E-state index contributed by atoms with van der Waals surface area (Å²) in [5.41, 5.74) is 1.44. The average Bonchev–Trinajstić information content (AvgIpc) is 3.58. The highest BCUT2D eigenvalue weighted by molar-refractivity contribution is 7.07. The van der Waals surface area contributed by atoms with Gasteiger partial charge in [-0.25, -0.2) is 9.79 Å². The Balaban J connectivity index is 1.67. The van der Waals surface area contributed by atoms with Crippen LogP contribution < -0.4 is 24.4 Å². The van der Waals surface area contributed by atoms with Gasteiger partial charge in [0.2, 0.25) is 0 Å². The molecule has 0 aliphatic carbocycles. The smallest absolute Gasteiger partial charge is 0.338 e. The van der Waals surface area contributed by atoms with Gasteiger partial charge in [0.15, 0.2) is 16.3 Å². The first-order valence-electron chi connectivity index (χ1n) is 13.3. The van der Waals surface area contributed by atoms with Crippen LogP contribution in [0.4, 0.5) is 0 Å². The van der Waals surface area contributed by atoms with E-state index in [2.05, 4.69) is 4.99 Å². The van der Waals surface area contributed by atoms with Crippen LogP contribution in [0.25, 0.3) is 17.4 Å². The second kappa shape index (κ2) is 13.2. The van der Waals surface area contributed by atoms with E-state index in [4.69, 9.17) is 46.6 Å². The molecule has 3 heterocycles. The van der Waals surface area contributed by atoms with Crippen molar-refractivity contribution in [3.05, 3.63) is 101 Å².